The highest BCUT2D eigenvalue weighted by molar-refractivity contribution is 5.71. The Morgan fingerprint density at radius 3 is 1.03 bits per heavy atom. The summed E-state index contributed by atoms with van der Waals surface area (Å²) in [5.41, 5.74) is 0. The van der Waals surface area contributed by atoms with Crippen molar-refractivity contribution in [2.45, 2.75) is 252 Å². The fourth-order valence-corrected chi connectivity index (χ4v) is 7.13. The zero-order valence-electron chi connectivity index (χ0n) is 41.8. The molecule has 0 N–H and O–H groups in total. The molecule has 1 atom stereocenters. The van der Waals surface area contributed by atoms with Gasteiger partial charge >= 0.3 is 17.9 Å². The van der Waals surface area contributed by atoms with Crippen molar-refractivity contribution in [3.63, 3.8) is 0 Å². The summed E-state index contributed by atoms with van der Waals surface area (Å²) >= 11 is 0. The molecule has 0 aliphatic carbocycles. The van der Waals surface area contributed by atoms with Gasteiger partial charge in [0, 0.05) is 19.3 Å². The Labute approximate surface area is 395 Å². The lowest BCUT2D eigenvalue weighted by Gasteiger charge is -2.18. The van der Waals surface area contributed by atoms with Crippen molar-refractivity contribution in [1.29, 1.82) is 0 Å². The van der Waals surface area contributed by atoms with Gasteiger partial charge in [-0.1, -0.05) is 221 Å². The van der Waals surface area contributed by atoms with Crippen molar-refractivity contribution in [3.05, 3.63) is 85.1 Å². The minimum Gasteiger partial charge on any atom is -0.462 e. The van der Waals surface area contributed by atoms with Gasteiger partial charge in [0.15, 0.2) is 6.10 Å². The summed E-state index contributed by atoms with van der Waals surface area (Å²) in [5.74, 6) is -0.953. The van der Waals surface area contributed by atoms with Crippen molar-refractivity contribution < 1.29 is 28.6 Å². The number of esters is 3. The van der Waals surface area contributed by atoms with Gasteiger partial charge in [-0.05, 0) is 89.9 Å². The van der Waals surface area contributed by atoms with Crippen LogP contribution in [-0.2, 0) is 28.6 Å². The highest BCUT2D eigenvalue weighted by Gasteiger charge is 2.19. The summed E-state index contributed by atoms with van der Waals surface area (Å²) in [6.45, 7) is 6.49. The Bertz CT molecular complexity index is 1250. The molecule has 0 bridgehead atoms. The number of ether oxygens (including phenoxy) is 3. The molecular formula is C58H98O6. The second-order valence-electron chi connectivity index (χ2n) is 17.5. The van der Waals surface area contributed by atoms with Gasteiger partial charge in [-0.15, -0.1) is 0 Å². The zero-order valence-corrected chi connectivity index (χ0v) is 41.8. The van der Waals surface area contributed by atoms with Crippen LogP contribution in [0.15, 0.2) is 85.1 Å². The number of rotatable bonds is 47. The van der Waals surface area contributed by atoms with E-state index in [1.165, 1.54) is 109 Å². The molecule has 0 amide bonds. The number of hydrogen-bond donors (Lipinski definition) is 0. The molecule has 0 radical (unpaired) electrons. The van der Waals surface area contributed by atoms with Gasteiger partial charge in [0.2, 0.25) is 0 Å². The summed E-state index contributed by atoms with van der Waals surface area (Å²) in [5, 5.41) is 0. The fourth-order valence-electron chi connectivity index (χ4n) is 7.13. The Hall–Kier alpha value is -3.41. The molecule has 0 aliphatic rings. The SMILES string of the molecule is CCCC/C=C\C=C/CCCCCC(=O)OCC(COC(=O)CCCCCCC\C=C/C=C\C=C/C=C\CCCCC)OC(=O)CCCCCCCCC/C=C\CCCCCCCC. The van der Waals surface area contributed by atoms with E-state index < -0.39 is 6.10 Å². The maximum Gasteiger partial charge on any atom is 0.306 e. The van der Waals surface area contributed by atoms with Gasteiger partial charge < -0.3 is 14.2 Å². The minimum atomic E-state index is -0.799. The lowest BCUT2D eigenvalue weighted by Crippen LogP contribution is -2.30. The first-order valence-corrected chi connectivity index (χ1v) is 26.7. The van der Waals surface area contributed by atoms with Crippen LogP contribution in [0.3, 0.4) is 0 Å². The maximum atomic E-state index is 12.8. The molecule has 0 saturated carbocycles. The van der Waals surface area contributed by atoms with Gasteiger partial charge in [-0.3, -0.25) is 14.4 Å². The molecule has 6 nitrogen and oxygen atoms in total. The van der Waals surface area contributed by atoms with E-state index in [1.807, 2.05) is 0 Å². The molecule has 64 heavy (non-hydrogen) atoms. The van der Waals surface area contributed by atoms with Gasteiger partial charge in [-0.25, -0.2) is 0 Å². The number of carbonyl (C=O) groups is 3. The molecule has 0 spiro atoms. The molecular weight excluding hydrogens is 793 g/mol. The van der Waals surface area contributed by atoms with E-state index in [-0.39, 0.29) is 31.1 Å². The highest BCUT2D eigenvalue weighted by atomic mass is 16.6. The highest BCUT2D eigenvalue weighted by Crippen LogP contribution is 2.14. The molecule has 0 aliphatic heterocycles. The quantitative estimate of drug-likeness (QED) is 0.0199. The van der Waals surface area contributed by atoms with Crippen LogP contribution in [0.5, 0.6) is 0 Å². The lowest BCUT2D eigenvalue weighted by molar-refractivity contribution is -0.167. The van der Waals surface area contributed by atoms with Gasteiger partial charge in [0.1, 0.15) is 13.2 Å². The molecule has 0 rings (SSSR count). The normalized spacial score (nSPS) is 12.7. The number of carbonyl (C=O) groups excluding carboxylic acids is 3. The topological polar surface area (TPSA) is 78.9 Å². The molecule has 0 aromatic heterocycles. The monoisotopic (exact) mass is 891 g/mol. The van der Waals surface area contributed by atoms with E-state index in [9.17, 15) is 14.4 Å². The molecule has 0 aromatic carbocycles. The van der Waals surface area contributed by atoms with Crippen molar-refractivity contribution >= 4 is 17.9 Å². The summed E-state index contributed by atoms with van der Waals surface area (Å²) in [6.07, 6.45) is 67.1. The second-order valence-corrected chi connectivity index (χ2v) is 17.5. The van der Waals surface area contributed by atoms with Gasteiger partial charge in [-0.2, -0.15) is 0 Å². The first kappa shape index (κ1) is 60.6. The summed E-state index contributed by atoms with van der Waals surface area (Å²) in [4.78, 5) is 38.0. The van der Waals surface area contributed by atoms with Crippen LogP contribution < -0.4 is 0 Å². The van der Waals surface area contributed by atoms with Crippen LogP contribution in [0.25, 0.3) is 0 Å². The van der Waals surface area contributed by atoms with E-state index in [1.54, 1.807) is 0 Å². The van der Waals surface area contributed by atoms with E-state index in [4.69, 9.17) is 14.2 Å². The van der Waals surface area contributed by atoms with Crippen LogP contribution in [0, 0.1) is 0 Å². The van der Waals surface area contributed by atoms with Crippen molar-refractivity contribution in [2.75, 3.05) is 13.2 Å². The predicted molar refractivity (Wildman–Crippen MR) is 274 cm³/mol. The first-order chi connectivity index (χ1) is 31.5. The molecule has 0 saturated heterocycles. The summed E-state index contributed by atoms with van der Waals surface area (Å²) in [7, 11) is 0. The predicted octanol–water partition coefficient (Wildman–Crippen LogP) is 17.6. The van der Waals surface area contributed by atoms with E-state index in [0.29, 0.717) is 19.3 Å². The van der Waals surface area contributed by atoms with E-state index >= 15 is 0 Å². The van der Waals surface area contributed by atoms with Crippen LogP contribution in [-0.4, -0.2) is 37.2 Å². The average Bonchev–Trinajstić information content (AvgIpc) is 3.29. The summed E-state index contributed by atoms with van der Waals surface area (Å²) in [6, 6.07) is 0. The van der Waals surface area contributed by atoms with Gasteiger partial charge in [0.25, 0.3) is 0 Å². The minimum absolute atomic E-state index is 0.0996. The third-order valence-corrected chi connectivity index (χ3v) is 11.2. The van der Waals surface area contributed by atoms with E-state index in [2.05, 4.69) is 106 Å². The largest absolute Gasteiger partial charge is 0.462 e. The number of allylic oxidation sites excluding steroid dienone is 14. The Morgan fingerprint density at radius 1 is 0.312 bits per heavy atom. The first-order valence-electron chi connectivity index (χ1n) is 26.7. The van der Waals surface area contributed by atoms with Crippen LogP contribution in [0.2, 0.25) is 0 Å². The van der Waals surface area contributed by atoms with Crippen LogP contribution in [0.1, 0.15) is 245 Å². The Balaban J connectivity index is 4.44. The molecule has 0 fully saturated rings. The molecule has 0 aromatic rings. The Morgan fingerprint density at radius 2 is 0.594 bits per heavy atom. The molecule has 366 valence electrons. The number of unbranched alkanes of at least 4 members (excludes halogenated alkanes) is 26. The summed E-state index contributed by atoms with van der Waals surface area (Å²) < 4.78 is 16.8. The van der Waals surface area contributed by atoms with Crippen molar-refractivity contribution in [1.82, 2.24) is 0 Å². The fraction of sp³-hybridized carbons (Fsp3) is 0.707. The Kier molecular flexibility index (Phi) is 49.4. The molecule has 0 heterocycles. The maximum absolute atomic E-state index is 12.8. The van der Waals surface area contributed by atoms with Crippen molar-refractivity contribution in [3.8, 4) is 0 Å². The molecule has 1 unspecified atom stereocenters. The third-order valence-electron chi connectivity index (χ3n) is 11.2. The van der Waals surface area contributed by atoms with Gasteiger partial charge in [0.05, 0.1) is 0 Å². The lowest BCUT2D eigenvalue weighted by atomic mass is 10.1. The van der Waals surface area contributed by atoms with Crippen LogP contribution in [0.4, 0.5) is 0 Å². The number of hydrogen-bond acceptors (Lipinski definition) is 6. The van der Waals surface area contributed by atoms with Crippen molar-refractivity contribution in [2.24, 2.45) is 0 Å². The second kappa shape index (κ2) is 52.2. The zero-order chi connectivity index (χ0) is 46.5. The van der Waals surface area contributed by atoms with Crippen LogP contribution >= 0.6 is 0 Å². The van der Waals surface area contributed by atoms with E-state index in [0.717, 1.165) is 96.3 Å². The molecule has 6 heteroatoms. The third kappa shape index (κ3) is 49.6. The average molecular weight is 891 g/mol. The standard InChI is InChI=1S/C58H98O6/c1-4-7-10-13-16-19-22-24-26-28-30-31-33-36-39-42-45-48-51-57(60)63-54-55(53-62-56(59)50-47-44-41-38-35-21-18-15-12-9-6-3)64-58(61)52-49-46-43-40-37-34-32-29-27-25-23-20-17-14-11-8-5-2/h15-16,18-19,21-22,24-28,30-31,35,55H,4-14,17,20,23,29,32-34,36-54H2,1-3H3/b18-15-,19-16-,24-22-,27-25-,28-26-,31-30-,35-21-. The smallest absolute Gasteiger partial charge is 0.306 e.